The highest BCUT2D eigenvalue weighted by Gasteiger charge is 2.23. The van der Waals surface area contributed by atoms with Crippen molar-refractivity contribution in [2.75, 3.05) is 0 Å². The minimum Gasteiger partial charge on any atom is -0.387 e. The van der Waals surface area contributed by atoms with Gasteiger partial charge in [0.2, 0.25) is 0 Å². The number of rotatable bonds is 2. The van der Waals surface area contributed by atoms with Crippen LogP contribution in [0.2, 0.25) is 10.0 Å². The molecule has 100 valence electrons. The first-order chi connectivity index (χ1) is 9.15. The Labute approximate surface area is 126 Å². The van der Waals surface area contributed by atoms with E-state index in [1.54, 1.807) is 11.3 Å². The standard InChI is InChI=1S/C14H13Cl2NOS/c15-9-3-1-4-10(16)8(9)7-13-17-14-11(18)5-2-6-12(14)19-13/h1,3-4,11,18H,2,5-7H2. The van der Waals surface area contributed by atoms with E-state index in [1.165, 1.54) is 4.88 Å². The van der Waals surface area contributed by atoms with Crippen LogP contribution < -0.4 is 0 Å². The lowest BCUT2D eigenvalue weighted by atomic mass is 10.0. The average Bonchev–Trinajstić information content (AvgIpc) is 2.78. The molecule has 5 heteroatoms. The van der Waals surface area contributed by atoms with E-state index in [0.717, 1.165) is 35.5 Å². The van der Waals surface area contributed by atoms with E-state index in [0.29, 0.717) is 16.5 Å². The van der Waals surface area contributed by atoms with Crippen molar-refractivity contribution in [2.24, 2.45) is 0 Å². The second-order valence-electron chi connectivity index (χ2n) is 4.70. The Morgan fingerprint density at radius 2 is 2.05 bits per heavy atom. The van der Waals surface area contributed by atoms with Gasteiger partial charge in [0.25, 0.3) is 0 Å². The fraction of sp³-hybridized carbons (Fsp3) is 0.357. The van der Waals surface area contributed by atoms with E-state index in [2.05, 4.69) is 4.98 Å². The van der Waals surface area contributed by atoms with Crippen molar-refractivity contribution in [3.05, 3.63) is 49.4 Å². The molecule has 2 aromatic rings. The van der Waals surface area contributed by atoms with Gasteiger partial charge in [-0.15, -0.1) is 11.3 Å². The maximum atomic E-state index is 9.94. The van der Waals surface area contributed by atoms with Gasteiger partial charge in [0.05, 0.1) is 16.8 Å². The molecule has 0 spiro atoms. The topological polar surface area (TPSA) is 33.1 Å². The maximum Gasteiger partial charge on any atom is 0.0977 e. The Balaban J connectivity index is 1.92. The van der Waals surface area contributed by atoms with Gasteiger partial charge in [-0.1, -0.05) is 29.3 Å². The Bertz CT molecular complexity index is 591. The number of hydrogen-bond acceptors (Lipinski definition) is 3. The zero-order valence-corrected chi connectivity index (χ0v) is 12.5. The molecule has 1 unspecified atom stereocenters. The molecule has 1 aromatic carbocycles. The van der Waals surface area contributed by atoms with Crippen LogP contribution in [-0.4, -0.2) is 10.1 Å². The molecular formula is C14H13Cl2NOS. The van der Waals surface area contributed by atoms with Crippen LogP contribution >= 0.6 is 34.5 Å². The number of aryl methyl sites for hydroxylation is 1. The quantitative estimate of drug-likeness (QED) is 0.890. The van der Waals surface area contributed by atoms with Crippen LogP contribution in [0.3, 0.4) is 0 Å². The van der Waals surface area contributed by atoms with Crippen LogP contribution in [0.25, 0.3) is 0 Å². The summed E-state index contributed by atoms with van der Waals surface area (Å²) in [4.78, 5) is 5.77. The van der Waals surface area contributed by atoms with Gasteiger partial charge in [0, 0.05) is 21.3 Å². The van der Waals surface area contributed by atoms with Crippen molar-refractivity contribution < 1.29 is 5.11 Å². The molecule has 3 rings (SSSR count). The van der Waals surface area contributed by atoms with Gasteiger partial charge in [-0.3, -0.25) is 0 Å². The third-order valence-electron chi connectivity index (χ3n) is 3.36. The summed E-state index contributed by atoms with van der Waals surface area (Å²) in [5.74, 6) is 0. The molecule has 1 N–H and O–H groups in total. The number of hydrogen-bond donors (Lipinski definition) is 1. The van der Waals surface area contributed by atoms with Crippen LogP contribution in [0.1, 0.15) is 40.1 Å². The lowest BCUT2D eigenvalue weighted by Crippen LogP contribution is -2.07. The molecule has 0 saturated heterocycles. The Morgan fingerprint density at radius 1 is 1.32 bits per heavy atom. The lowest BCUT2D eigenvalue weighted by Gasteiger charge is -2.14. The second-order valence-corrected chi connectivity index (χ2v) is 6.68. The largest absolute Gasteiger partial charge is 0.387 e. The van der Waals surface area contributed by atoms with Crippen molar-refractivity contribution in [3.63, 3.8) is 0 Å². The van der Waals surface area contributed by atoms with Gasteiger partial charge in [0.15, 0.2) is 0 Å². The van der Waals surface area contributed by atoms with Crippen molar-refractivity contribution >= 4 is 34.5 Å². The molecule has 0 bridgehead atoms. The minimum atomic E-state index is -0.407. The van der Waals surface area contributed by atoms with Crippen molar-refractivity contribution in [2.45, 2.75) is 31.8 Å². The zero-order valence-electron chi connectivity index (χ0n) is 10.2. The summed E-state index contributed by atoms with van der Waals surface area (Å²) in [6.45, 7) is 0. The average molecular weight is 314 g/mol. The lowest BCUT2D eigenvalue weighted by molar-refractivity contribution is 0.153. The molecule has 1 heterocycles. The molecule has 1 atom stereocenters. The second kappa shape index (κ2) is 5.41. The van der Waals surface area contributed by atoms with Crippen LogP contribution in [0.4, 0.5) is 0 Å². The van der Waals surface area contributed by atoms with Crippen molar-refractivity contribution in [3.8, 4) is 0 Å². The van der Waals surface area contributed by atoms with Gasteiger partial charge < -0.3 is 5.11 Å². The molecular weight excluding hydrogens is 301 g/mol. The number of benzene rings is 1. The molecule has 0 saturated carbocycles. The summed E-state index contributed by atoms with van der Waals surface area (Å²) in [7, 11) is 0. The first-order valence-corrected chi connectivity index (χ1v) is 7.82. The zero-order chi connectivity index (χ0) is 13.4. The summed E-state index contributed by atoms with van der Waals surface area (Å²) in [5.41, 5.74) is 1.76. The van der Waals surface area contributed by atoms with Crippen LogP contribution in [0.5, 0.6) is 0 Å². The van der Waals surface area contributed by atoms with Gasteiger partial charge in [0.1, 0.15) is 0 Å². The minimum absolute atomic E-state index is 0.407. The number of halogens is 2. The van der Waals surface area contributed by atoms with Gasteiger partial charge in [-0.05, 0) is 37.0 Å². The summed E-state index contributed by atoms with van der Waals surface area (Å²) >= 11 is 14.0. The van der Waals surface area contributed by atoms with E-state index in [1.807, 2.05) is 18.2 Å². The SMILES string of the molecule is OC1CCCc2sc(Cc3c(Cl)cccc3Cl)nc21. The smallest absolute Gasteiger partial charge is 0.0977 e. The van der Waals surface area contributed by atoms with E-state index in [4.69, 9.17) is 23.2 Å². The van der Waals surface area contributed by atoms with Crippen molar-refractivity contribution in [1.29, 1.82) is 0 Å². The number of aliphatic hydroxyl groups excluding tert-OH is 1. The number of thiazole rings is 1. The van der Waals surface area contributed by atoms with Crippen LogP contribution in [0, 0.1) is 0 Å². The number of aliphatic hydroxyl groups is 1. The Morgan fingerprint density at radius 3 is 2.74 bits per heavy atom. The van der Waals surface area contributed by atoms with E-state index in [9.17, 15) is 5.11 Å². The molecule has 19 heavy (non-hydrogen) atoms. The van der Waals surface area contributed by atoms with E-state index in [-0.39, 0.29) is 0 Å². The molecule has 1 aliphatic carbocycles. The predicted octanol–water partition coefficient (Wildman–Crippen LogP) is 4.41. The number of nitrogens with zero attached hydrogens (tertiary/aromatic N) is 1. The molecule has 0 aliphatic heterocycles. The normalized spacial score (nSPS) is 18.4. The molecule has 1 aliphatic rings. The fourth-order valence-corrected chi connectivity index (χ4v) is 4.08. The van der Waals surface area contributed by atoms with Gasteiger partial charge in [-0.2, -0.15) is 0 Å². The highest BCUT2D eigenvalue weighted by molar-refractivity contribution is 7.11. The summed E-state index contributed by atoms with van der Waals surface area (Å²) < 4.78 is 0. The van der Waals surface area contributed by atoms with Gasteiger partial charge in [-0.25, -0.2) is 4.98 Å². The first kappa shape index (κ1) is 13.4. The third kappa shape index (κ3) is 2.65. The van der Waals surface area contributed by atoms with Crippen LogP contribution in [-0.2, 0) is 12.8 Å². The van der Waals surface area contributed by atoms with Crippen molar-refractivity contribution in [1.82, 2.24) is 4.98 Å². The maximum absolute atomic E-state index is 9.94. The molecule has 2 nitrogen and oxygen atoms in total. The molecule has 0 fully saturated rings. The number of fused-ring (bicyclic) bond motifs is 1. The van der Waals surface area contributed by atoms with E-state index < -0.39 is 6.10 Å². The third-order valence-corrected chi connectivity index (χ3v) is 5.20. The molecule has 1 aromatic heterocycles. The Hall–Kier alpha value is -0.610. The summed E-state index contributed by atoms with van der Waals surface area (Å²) in [5, 5.41) is 12.3. The molecule has 0 amide bonds. The van der Waals surface area contributed by atoms with Crippen LogP contribution in [0.15, 0.2) is 18.2 Å². The summed E-state index contributed by atoms with van der Waals surface area (Å²) in [6.07, 6.45) is 3.07. The predicted molar refractivity (Wildman–Crippen MR) is 79.3 cm³/mol. The van der Waals surface area contributed by atoms with Gasteiger partial charge >= 0.3 is 0 Å². The number of aromatic nitrogens is 1. The van der Waals surface area contributed by atoms with E-state index >= 15 is 0 Å². The highest BCUT2D eigenvalue weighted by Crippen LogP contribution is 2.35. The first-order valence-electron chi connectivity index (χ1n) is 6.24. The monoisotopic (exact) mass is 313 g/mol. The molecule has 0 radical (unpaired) electrons. The highest BCUT2D eigenvalue weighted by atomic mass is 35.5. The Kier molecular flexibility index (Phi) is 3.81. The fourth-order valence-electron chi connectivity index (χ4n) is 2.37. The summed E-state index contributed by atoms with van der Waals surface area (Å²) in [6, 6.07) is 5.51.